The highest BCUT2D eigenvalue weighted by atomic mass is 79.9. The van der Waals surface area contributed by atoms with E-state index in [1.54, 1.807) is 12.4 Å². The van der Waals surface area contributed by atoms with Gasteiger partial charge in [-0.25, -0.2) is 14.9 Å². The molecule has 6 nitrogen and oxygen atoms in total. The number of halogens is 1. The minimum absolute atomic E-state index is 0.0941. The van der Waals surface area contributed by atoms with E-state index in [9.17, 15) is 4.79 Å². The van der Waals surface area contributed by atoms with Crippen LogP contribution in [0.15, 0.2) is 88.2 Å². The van der Waals surface area contributed by atoms with Crippen LogP contribution in [0.2, 0.25) is 0 Å². The first-order chi connectivity index (χ1) is 14.6. The lowest BCUT2D eigenvalue weighted by Gasteiger charge is -2.22. The van der Waals surface area contributed by atoms with Crippen molar-refractivity contribution < 1.29 is 9.21 Å². The summed E-state index contributed by atoms with van der Waals surface area (Å²) in [5, 5.41) is 2.98. The number of carbonyl (C=O) groups excluding carboxylic acids is 1. The zero-order valence-electron chi connectivity index (χ0n) is 16.2. The Bertz CT molecular complexity index is 1150. The molecule has 0 unspecified atom stereocenters. The van der Waals surface area contributed by atoms with Gasteiger partial charge in [0.05, 0.1) is 18.3 Å². The standard InChI is InChI=1S/C23H19BrN4O2/c1-16-8-9-19(27-22(29)14-17-5-4-6-18(24)13-17)15-20(16)28(23-26-11-12-30-23)21-7-2-3-10-25-21/h2-13,15H,14H2,1H3,(H,27,29). The number of anilines is 4. The quantitative estimate of drug-likeness (QED) is 0.392. The van der Waals surface area contributed by atoms with Crippen molar-refractivity contribution >= 4 is 45.0 Å². The number of nitrogens with zero attached hydrogens (tertiary/aromatic N) is 3. The van der Waals surface area contributed by atoms with Crippen molar-refractivity contribution in [1.29, 1.82) is 0 Å². The van der Waals surface area contributed by atoms with Gasteiger partial charge in [-0.2, -0.15) is 0 Å². The average Bonchev–Trinajstić information content (AvgIpc) is 3.26. The van der Waals surface area contributed by atoms with E-state index in [-0.39, 0.29) is 12.3 Å². The lowest BCUT2D eigenvalue weighted by Crippen LogP contribution is -2.16. The van der Waals surface area contributed by atoms with Crippen LogP contribution in [0.3, 0.4) is 0 Å². The minimum atomic E-state index is -0.0941. The summed E-state index contributed by atoms with van der Waals surface area (Å²) >= 11 is 3.44. The number of oxazole rings is 1. The van der Waals surface area contributed by atoms with Gasteiger partial charge < -0.3 is 9.73 Å². The number of aromatic nitrogens is 2. The van der Waals surface area contributed by atoms with Crippen molar-refractivity contribution in [3.8, 4) is 0 Å². The van der Waals surface area contributed by atoms with Crippen LogP contribution in [-0.2, 0) is 11.2 Å². The summed E-state index contributed by atoms with van der Waals surface area (Å²) in [5.41, 5.74) is 3.42. The normalized spacial score (nSPS) is 10.6. The molecule has 0 atom stereocenters. The van der Waals surface area contributed by atoms with Crippen LogP contribution in [0, 0.1) is 6.92 Å². The molecule has 0 fully saturated rings. The van der Waals surface area contributed by atoms with Gasteiger partial charge in [0.15, 0.2) is 0 Å². The molecular formula is C23H19BrN4O2. The number of benzene rings is 2. The van der Waals surface area contributed by atoms with Gasteiger partial charge in [-0.15, -0.1) is 0 Å². The summed E-state index contributed by atoms with van der Waals surface area (Å²) in [7, 11) is 0. The predicted octanol–water partition coefficient (Wildman–Crippen LogP) is 5.79. The molecule has 2 heterocycles. The highest BCUT2D eigenvalue weighted by molar-refractivity contribution is 9.10. The van der Waals surface area contributed by atoms with Crippen LogP contribution >= 0.6 is 15.9 Å². The Labute approximate surface area is 182 Å². The molecule has 0 bridgehead atoms. The number of nitrogens with one attached hydrogen (secondary N) is 1. The van der Waals surface area contributed by atoms with E-state index in [0.717, 1.165) is 21.3 Å². The fourth-order valence-corrected chi connectivity index (χ4v) is 3.55. The van der Waals surface area contributed by atoms with Gasteiger partial charge in [-0.3, -0.25) is 4.79 Å². The number of hydrogen-bond acceptors (Lipinski definition) is 5. The number of aryl methyl sites for hydroxylation is 1. The Morgan fingerprint density at radius 2 is 1.97 bits per heavy atom. The predicted molar refractivity (Wildman–Crippen MR) is 120 cm³/mol. The van der Waals surface area contributed by atoms with E-state index < -0.39 is 0 Å². The average molecular weight is 463 g/mol. The molecule has 4 aromatic rings. The monoisotopic (exact) mass is 462 g/mol. The van der Waals surface area contributed by atoms with Crippen LogP contribution in [0.5, 0.6) is 0 Å². The second-order valence-electron chi connectivity index (χ2n) is 6.69. The van der Waals surface area contributed by atoms with Crippen LogP contribution in [0.1, 0.15) is 11.1 Å². The third-order valence-electron chi connectivity index (χ3n) is 4.48. The number of hydrogen-bond donors (Lipinski definition) is 1. The molecule has 0 spiro atoms. The Balaban J connectivity index is 1.62. The lowest BCUT2D eigenvalue weighted by molar-refractivity contribution is -0.115. The van der Waals surface area contributed by atoms with Crippen LogP contribution in [-0.4, -0.2) is 15.9 Å². The lowest BCUT2D eigenvalue weighted by atomic mass is 10.1. The molecule has 0 saturated heterocycles. The van der Waals surface area contributed by atoms with E-state index in [1.807, 2.05) is 72.5 Å². The Morgan fingerprint density at radius 1 is 1.07 bits per heavy atom. The largest absolute Gasteiger partial charge is 0.432 e. The molecule has 1 amide bonds. The fraction of sp³-hybridized carbons (Fsp3) is 0.0870. The first-order valence-corrected chi connectivity index (χ1v) is 10.1. The zero-order chi connectivity index (χ0) is 20.9. The van der Waals surface area contributed by atoms with Crippen LogP contribution < -0.4 is 10.2 Å². The molecule has 1 N–H and O–H groups in total. The Hall–Kier alpha value is -3.45. The third kappa shape index (κ3) is 4.58. The molecule has 4 rings (SSSR count). The topological polar surface area (TPSA) is 71.3 Å². The van der Waals surface area contributed by atoms with E-state index in [4.69, 9.17) is 4.42 Å². The summed E-state index contributed by atoms with van der Waals surface area (Å²) in [4.78, 5) is 23.1. The Kier molecular flexibility index (Phi) is 5.90. The van der Waals surface area contributed by atoms with Crippen LogP contribution in [0.4, 0.5) is 23.2 Å². The first kappa shape index (κ1) is 19.8. The van der Waals surface area contributed by atoms with Crippen molar-refractivity contribution in [3.63, 3.8) is 0 Å². The second-order valence-corrected chi connectivity index (χ2v) is 7.61. The summed E-state index contributed by atoms with van der Waals surface area (Å²) in [6.07, 6.45) is 5.10. The number of rotatable bonds is 6. The molecule has 7 heteroatoms. The summed E-state index contributed by atoms with van der Waals surface area (Å²) in [5.74, 6) is 0.573. The van der Waals surface area contributed by atoms with Gasteiger partial charge in [-0.05, 0) is 54.4 Å². The van der Waals surface area contributed by atoms with Crippen molar-refractivity contribution in [1.82, 2.24) is 9.97 Å². The molecule has 2 aromatic heterocycles. The summed E-state index contributed by atoms with van der Waals surface area (Å²) < 4.78 is 6.50. The zero-order valence-corrected chi connectivity index (χ0v) is 17.8. The van der Waals surface area contributed by atoms with Crippen LogP contribution in [0.25, 0.3) is 0 Å². The molecule has 0 aliphatic carbocycles. The molecule has 0 saturated carbocycles. The van der Waals surface area contributed by atoms with Crippen molar-refractivity contribution in [3.05, 3.63) is 94.9 Å². The van der Waals surface area contributed by atoms with Crippen molar-refractivity contribution in [2.75, 3.05) is 10.2 Å². The number of amides is 1. The molecule has 0 aliphatic heterocycles. The molecular weight excluding hydrogens is 444 g/mol. The number of carbonyl (C=O) groups is 1. The van der Waals surface area contributed by atoms with E-state index in [2.05, 4.69) is 31.2 Å². The minimum Gasteiger partial charge on any atom is -0.432 e. The molecule has 0 radical (unpaired) electrons. The van der Waals surface area contributed by atoms with Gasteiger partial charge in [0.25, 0.3) is 0 Å². The highest BCUT2D eigenvalue weighted by Gasteiger charge is 2.20. The molecule has 150 valence electrons. The third-order valence-corrected chi connectivity index (χ3v) is 4.97. The SMILES string of the molecule is Cc1ccc(NC(=O)Cc2cccc(Br)c2)cc1N(c1ccccn1)c1ncco1. The second kappa shape index (κ2) is 8.92. The first-order valence-electron chi connectivity index (χ1n) is 9.36. The van der Waals surface area contributed by atoms with Gasteiger partial charge in [-0.1, -0.05) is 40.2 Å². The maximum absolute atomic E-state index is 12.6. The maximum Gasteiger partial charge on any atom is 0.307 e. The molecule has 0 aliphatic rings. The summed E-state index contributed by atoms with van der Waals surface area (Å²) in [6, 6.07) is 19.5. The van der Waals surface area contributed by atoms with Gasteiger partial charge in [0.1, 0.15) is 12.1 Å². The van der Waals surface area contributed by atoms with Crippen molar-refractivity contribution in [2.24, 2.45) is 0 Å². The van der Waals surface area contributed by atoms with Gasteiger partial charge in [0, 0.05) is 16.4 Å². The van der Waals surface area contributed by atoms with E-state index in [1.165, 1.54) is 6.26 Å². The van der Waals surface area contributed by atoms with E-state index >= 15 is 0 Å². The summed E-state index contributed by atoms with van der Waals surface area (Å²) in [6.45, 7) is 1.99. The van der Waals surface area contributed by atoms with Gasteiger partial charge in [0.2, 0.25) is 5.91 Å². The molecule has 30 heavy (non-hydrogen) atoms. The number of pyridine rings is 1. The van der Waals surface area contributed by atoms with Gasteiger partial charge >= 0.3 is 6.01 Å². The highest BCUT2D eigenvalue weighted by Crippen LogP contribution is 2.35. The van der Waals surface area contributed by atoms with Crippen molar-refractivity contribution in [2.45, 2.75) is 13.3 Å². The van der Waals surface area contributed by atoms with E-state index in [0.29, 0.717) is 17.5 Å². The Morgan fingerprint density at radius 3 is 2.70 bits per heavy atom. The molecule has 2 aromatic carbocycles. The fourth-order valence-electron chi connectivity index (χ4n) is 3.10. The maximum atomic E-state index is 12.6. The smallest absolute Gasteiger partial charge is 0.307 e.